The molecular formula is C9H12O4S. The number of sulfone groups is 1. The van der Waals surface area contributed by atoms with Gasteiger partial charge in [0.2, 0.25) is 0 Å². The molecule has 0 aliphatic rings. The van der Waals surface area contributed by atoms with Crippen molar-refractivity contribution in [2.45, 2.75) is 17.6 Å². The molecule has 2 N–H and O–H groups in total. The molecule has 0 fully saturated rings. The van der Waals surface area contributed by atoms with E-state index in [9.17, 15) is 18.6 Å². The van der Waals surface area contributed by atoms with Crippen LogP contribution in [0.25, 0.3) is 0 Å². The monoisotopic (exact) mass is 216 g/mol. The van der Waals surface area contributed by atoms with Gasteiger partial charge in [0.05, 0.1) is 4.90 Å². The molecule has 1 aromatic carbocycles. The maximum Gasteiger partial charge on any atom is 0.186 e. The number of rotatable bonds is 2. The van der Waals surface area contributed by atoms with E-state index in [-0.39, 0.29) is 10.5 Å². The third-order valence-corrected chi connectivity index (χ3v) is 2.96. The molecule has 4 nitrogen and oxygen atoms in total. The van der Waals surface area contributed by atoms with E-state index in [1.54, 1.807) is 0 Å². The van der Waals surface area contributed by atoms with E-state index >= 15 is 0 Å². The third kappa shape index (κ3) is 2.54. The summed E-state index contributed by atoms with van der Waals surface area (Å²) >= 11 is 0. The van der Waals surface area contributed by atoms with Gasteiger partial charge >= 0.3 is 0 Å². The van der Waals surface area contributed by atoms with Crippen molar-refractivity contribution < 1.29 is 18.6 Å². The molecule has 0 unspecified atom stereocenters. The van der Waals surface area contributed by atoms with Crippen LogP contribution in [0.15, 0.2) is 29.2 Å². The minimum absolute atomic E-state index is 0.158. The van der Waals surface area contributed by atoms with Gasteiger partial charge < -0.3 is 10.2 Å². The largest absolute Gasteiger partial charge is 0.362 e. The molecule has 0 saturated carbocycles. The van der Waals surface area contributed by atoms with Crippen molar-refractivity contribution in [1.82, 2.24) is 0 Å². The van der Waals surface area contributed by atoms with Crippen LogP contribution in [0.3, 0.4) is 0 Å². The molecule has 0 radical (unpaired) electrons. The number of hydrogen-bond acceptors (Lipinski definition) is 4. The van der Waals surface area contributed by atoms with Crippen molar-refractivity contribution in [3.63, 3.8) is 0 Å². The lowest BCUT2D eigenvalue weighted by Crippen LogP contribution is -2.19. The van der Waals surface area contributed by atoms with Crippen LogP contribution in [-0.2, 0) is 15.6 Å². The Morgan fingerprint density at radius 3 is 1.86 bits per heavy atom. The smallest absolute Gasteiger partial charge is 0.186 e. The van der Waals surface area contributed by atoms with Gasteiger partial charge in [0.1, 0.15) is 0 Å². The lowest BCUT2D eigenvalue weighted by molar-refractivity contribution is -0.152. The molecule has 78 valence electrons. The van der Waals surface area contributed by atoms with Gasteiger partial charge in [0.15, 0.2) is 15.6 Å². The average Bonchev–Trinajstić information content (AvgIpc) is 2.01. The van der Waals surface area contributed by atoms with Crippen molar-refractivity contribution in [2.24, 2.45) is 0 Å². The van der Waals surface area contributed by atoms with E-state index in [1.807, 2.05) is 0 Å². The van der Waals surface area contributed by atoms with E-state index in [4.69, 9.17) is 0 Å². The Morgan fingerprint density at radius 1 is 1.14 bits per heavy atom. The molecule has 0 aliphatic heterocycles. The first-order valence-electron chi connectivity index (χ1n) is 3.96. The minimum Gasteiger partial charge on any atom is -0.362 e. The van der Waals surface area contributed by atoms with Gasteiger partial charge in [-0.05, 0) is 19.1 Å². The minimum atomic E-state index is -3.23. The van der Waals surface area contributed by atoms with Gasteiger partial charge in [-0.2, -0.15) is 0 Å². The molecule has 0 aromatic heterocycles. The number of aliphatic hydroxyl groups is 2. The molecule has 0 amide bonds. The molecule has 0 heterocycles. The number of benzene rings is 1. The highest BCUT2D eigenvalue weighted by Crippen LogP contribution is 2.18. The summed E-state index contributed by atoms with van der Waals surface area (Å²) in [4.78, 5) is 0.158. The van der Waals surface area contributed by atoms with E-state index in [0.29, 0.717) is 0 Å². The highest BCUT2D eigenvalue weighted by molar-refractivity contribution is 7.90. The van der Waals surface area contributed by atoms with Crippen molar-refractivity contribution in [1.29, 1.82) is 0 Å². The second-order valence-corrected chi connectivity index (χ2v) is 5.33. The summed E-state index contributed by atoms with van der Waals surface area (Å²) in [5.74, 6) is -1.93. The van der Waals surface area contributed by atoms with E-state index < -0.39 is 15.6 Å². The average molecular weight is 216 g/mol. The maximum absolute atomic E-state index is 11.1. The quantitative estimate of drug-likeness (QED) is 0.695. The van der Waals surface area contributed by atoms with Gasteiger partial charge in [-0.1, -0.05) is 12.1 Å². The molecule has 0 bridgehead atoms. The van der Waals surface area contributed by atoms with Gasteiger partial charge in [-0.3, -0.25) is 0 Å². The fourth-order valence-electron chi connectivity index (χ4n) is 1.02. The lowest BCUT2D eigenvalue weighted by atomic mass is 10.1. The maximum atomic E-state index is 11.1. The summed E-state index contributed by atoms with van der Waals surface area (Å²) in [6.45, 7) is 1.21. The van der Waals surface area contributed by atoms with Crippen LogP contribution in [-0.4, -0.2) is 24.9 Å². The fraction of sp³-hybridized carbons (Fsp3) is 0.333. The van der Waals surface area contributed by atoms with Crippen LogP contribution in [0.4, 0.5) is 0 Å². The Labute approximate surface area is 82.7 Å². The zero-order chi connectivity index (χ0) is 11.0. The Kier molecular flexibility index (Phi) is 2.67. The second-order valence-electron chi connectivity index (χ2n) is 3.32. The first kappa shape index (κ1) is 11.2. The Balaban J connectivity index is 3.14. The standard InChI is InChI=1S/C9H12O4S/c1-9(10,11)7-3-5-8(6-4-7)14(2,12)13/h3-6,10-11H,1-2H3. The van der Waals surface area contributed by atoms with Crippen molar-refractivity contribution >= 4 is 9.84 Å². The summed E-state index contributed by atoms with van der Waals surface area (Å²) < 4.78 is 22.1. The summed E-state index contributed by atoms with van der Waals surface area (Å²) in [5, 5.41) is 18.4. The zero-order valence-corrected chi connectivity index (χ0v) is 8.75. The molecule has 0 aliphatic carbocycles. The number of hydrogen-bond donors (Lipinski definition) is 2. The zero-order valence-electron chi connectivity index (χ0n) is 7.93. The van der Waals surface area contributed by atoms with E-state index in [0.717, 1.165) is 6.26 Å². The van der Waals surface area contributed by atoms with Gasteiger partial charge in [0, 0.05) is 11.8 Å². The predicted molar refractivity (Wildman–Crippen MR) is 51.3 cm³/mol. The Morgan fingerprint density at radius 2 is 1.57 bits per heavy atom. The van der Waals surface area contributed by atoms with Crippen LogP contribution in [0, 0.1) is 0 Å². The first-order chi connectivity index (χ1) is 6.21. The highest BCUT2D eigenvalue weighted by Gasteiger charge is 2.18. The van der Waals surface area contributed by atoms with Gasteiger partial charge in [-0.15, -0.1) is 0 Å². The molecule has 0 saturated heterocycles. The molecule has 5 heteroatoms. The first-order valence-corrected chi connectivity index (χ1v) is 5.86. The van der Waals surface area contributed by atoms with Gasteiger partial charge in [0.25, 0.3) is 0 Å². The normalized spacial score (nSPS) is 12.9. The van der Waals surface area contributed by atoms with Crippen LogP contribution in [0.2, 0.25) is 0 Å². The fourth-order valence-corrected chi connectivity index (χ4v) is 1.65. The lowest BCUT2D eigenvalue weighted by Gasteiger charge is -2.16. The molecular weight excluding hydrogens is 204 g/mol. The highest BCUT2D eigenvalue weighted by atomic mass is 32.2. The predicted octanol–water partition coefficient (Wildman–Crippen LogP) is 0.247. The van der Waals surface area contributed by atoms with Crippen molar-refractivity contribution in [3.05, 3.63) is 29.8 Å². The molecule has 0 atom stereocenters. The molecule has 0 spiro atoms. The summed E-state index contributed by atoms with van der Waals surface area (Å²) in [6, 6.07) is 5.43. The SMILES string of the molecule is CC(O)(O)c1ccc(S(C)(=O)=O)cc1. The molecule has 1 aromatic rings. The van der Waals surface area contributed by atoms with Crippen LogP contribution < -0.4 is 0 Å². The third-order valence-electron chi connectivity index (χ3n) is 1.83. The van der Waals surface area contributed by atoms with Crippen LogP contribution in [0.5, 0.6) is 0 Å². The molecule has 14 heavy (non-hydrogen) atoms. The van der Waals surface area contributed by atoms with Crippen LogP contribution >= 0.6 is 0 Å². The summed E-state index contributed by atoms with van der Waals surface area (Å²) in [6.07, 6.45) is 1.10. The second kappa shape index (κ2) is 3.34. The summed E-state index contributed by atoms with van der Waals surface area (Å²) in [5.41, 5.74) is 0.255. The van der Waals surface area contributed by atoms with Crippen molar-refractivity contribution in [3.8, 4) is 0 Å². The van der Waals surface area contributed by atoms with Gasteiger partial charge in [-0.25, -0.2) is 8.42 Å². The van der Waals surface area contributed by atoms with Crippen LogP contribution in [0.1, 0.15) is 12.5 Å². The molecule has 1 rings (SSSR count). The van der Waals surface area contributed by atoms with E-state index in [2.05, 4.69) is 0 Å². The topological polar surface area (TPSA) is 74.6 Å². The van der Waals surface area contributed by atoms with Crippen molar-refractivity contribution in [2.75, 3.05) is 6.26 Å². The summed E-state index contributed by atoms with van der Waals surface area (Å²) in [7, 11) is -3.23. The Hall–Kier alpha value is -0.910. The Bertz CT molecular complexity index is 411. The van der Waals surface area contributed by atoms with E-state index in [1.165, 1.54) is 31.2 Å².